The first-order valence-corrected chi connectivity index (χ1v) is 9.18. The number of fused-ring (bicyclic) bond motifs is 2. The van der Waals surface area contributed by atoms with Crippen LogP contribution in [-0.2, 0) is 12.1 Å². The minimum atomic E-state index is -0.814. The van der Waals surface area contributed by atoms with Crippen molar-refractivity contribution in [3.63, 3.8) is 0 Å². The van der Waals surface area contributed by atoms with Crippen LogP contribution >= 0.6 is 0 Å². The summed E-state index contributed by atoms with van der Waals surface area (Å²) in [5.74, 6) is 0.213. The Morgan fingerprint density at radius 2 is 1.80 bits per heavy atom. The maximum atomic E-state index is 13.1. The van der Waals surface area contributed by atoms with Gasteiger partial charge in [-0.25, -0.2) is 4.39 Å². The van der Waals surface area contributed by atoms with Gasteiger partial charge in [-0.15, -0.1) is 0 Å². The second-order valence-electron chi connectivity index (χ2n) is 7.69. The second-order valence-corrected chi connectivity index (χ2v) is 7.69. The highest BCUT2D eigenvalue weighted by molar-refractivity contribution is 5.23. The molecule has 1 aliphatic heterocycles. The van der Waals surface area contributed by atoms with Gasteiger partial charge in [0.2, 0.25) is 0 Å². The van der Waals surface area contributed by atoms with Gasteiger partial charge in [-0.2, -0.15) is 0 Å². The Morgan fingerprint density at radius 3 is 2.40 bits per heavy atom. The average molecular weight is 340 g/mol. The van der Waals surface area contributed by atoms with Crippen molar-refractivity contribution in [2.24, 2.45) is 11.8 Å². The van der Waals surface area contributed by atoms with E-state index in [0.717, 1.165) is 49.3 Å². The highest BCUT2D eigenvalue weighted by atomic mass is 19.1. The molecule has 2 heterocycles. The standard InChI is InChI=1S/C21H25FN2O/c1-15-5-10-20(23-11-15)21(25)17-3-2-4-18(21)14-24(13-17)12-16-6-8-19(22)9-7-16/h5-11,17-18,25H,2-4,12-14H2,1H3/t17-,18-/m0/s1. The molecule has 132 valence electrons. The molecule has 4 heteroatoms. The number of hydrogen-bond acceptors (Lipinski definition) is 3. The van der Waals surface area contributed by atoms with Crippen LogP contribution in [0.5, 0.6) is 0 Å². The number of rotatable bonds is 3. The van der Waals surface area contributed by atoms with Crippen molar-refractivity contribution in [2.75, 3.05) is 13.1 Å². The molecule has 25 heavy (non-hydrogen) atoms. The van der Waals surface area contributed by atoms with Crippen molar-refractivity contribution in [3.8, 4) is 0 Å². The van der Waals surface area contributed by atoms with Gasteiger partial charge in [0.05, 0.1) is 5.69 Å². The Kier molecular flexibility index (Phi) is 4.34. The number of pyridine rings is 1. The number of likely N-dealkylation sites (tertiary alicyclic amines) is 1. The minimum Gasteiger partial charge on any atom is -0.383 e. The fraction of sp³-hybridized carbons (Fsp3) is 0.476. The van der Waals surface area contributed by atoms with E-state index in [4.69, 9.17) is 0 Å². The molecule has 0 spiro atoms. The molecule has 1 aliphatic carbocycles. The van der Waals surface area contributed by atoms with Crippen molar-refractivity contribution in [2.45, 2.75) is 38.3 Å². The van der Waals surface area contributed by atoms with Crippen LogP contribution in [-0.4, -0.2) is 28.1 Å². The molecule has 2 bridgehead atoms. The SMILES string of the molecule is Cc1ccc(C2(O)[C@H]3CCC[C@H]2CN(Cc2ccc(F)cc2)C3)nc1. The largest absolute Gasteiger partial charge is 0.383 e. The van der Waals surface area contributed by atoms with Gasteiger partial charge in [0.25, 0.3) is 0 Å². The normalized spacial score (nSPS) is 29.6. The van der Waals surface area contributed by atoms with E-state index in [1.54, 1.807) is 0 Å². The zero-order valence-corrected chi connectivity index (χ0v) is 14.7. The zero-order valence-electron chi connectivity index (χ0n) is 14.7. The van der Waals surface area contributed by atoms with Crippen LogP contribution in [0.3, 0.4) is 0 Å². The molecule has 2 fully saturated rings. The third-order valence-electron chi connectivity index (χ3n) is 5.95. The number of aryl methyl sites for hydroxylation is 1. The molecule has 1 saturated heterocycles. The third-order valence-corrected chi connectivity index (χ3v) is 5.95. The van der Waals surface area contributed by atoms with E-state index in [9.17, 15) is 9.50 Å². The highest BCUT2D eigenvalue weighted by Crippen LogP contribution is 2.48. The molecule has 0 radical (unpaired) electrons. The van der Waals surface area contributed by atoms with Crippen molar-refractivity contribution in [1.29, 1.82) is 0 Å². The van der Waals surface area contributed by atoms with E-state index in [1.807, 2.05) is 37.4 Å². The Hall–Kier alpha value is -1.78. The first kappa shape index (κ1) is 16.7. The number of aromatic nitrogens is 1. The molecule has 1 saturated carbocycles. The lowest BCUT2D eigenvalue weighted by molar-refractivity contribution is -0.151. The Morgan fingerprint density at radius 1 is 1.12 bits per heavy atom. The molecule has 0 unspecified atom stereocenters. The summed E-state index contributed by atoms with van der Waals surface area (Å²) in [4.78, 5) is 6.97. The van der Waals surface area contributed by atoms with Crippen LogP contribution in [0.1, 0.15) is 36.1 Å². The van der Waals surface area contributed by atoms with E-state index >= 15 is 0 Å². The van der Waals surface area contributed by atoms with E-state index in [1.165, 1.54) is 18.6 Å². The molecule has 1 N–H and O–H groups in total. The van der Waals surface area contributed by atoms with E-state index in [0.29, 0.717) is 0 Å². The van der Waals surface area contributed by atoms with Gasteiger partial charge >= 0.3 is 0 Å². The van der Waals surface area contributed by atoms with Crippen molar-refractivity contribution in [1.82, 2.24) is 9.88 Å². The van der Waals surface area contributed by atoms with Gasteiger partial charge in [0, 0.05) is 37.7 Å². The zero-order chi connectivity index (χ0) is 17.4. The molecule has 3 nitrogen and oxygen atoms in total. The molecular formula is C21H25FN2O. The van der Waals surface area contributed by atoms with Crippen LogP contribution in [0.2, 0.25) is 0 Å². The summed E-state index contributed by atoms with van der Waals surface area (Å²) in [6, 6.07) is 10.8. The van der Waals surface area contributed by atoms with Gasteiger partial charge in [0.1, 0.15) is 11.4 Å². The summed E-state index contributed by atoms with van der Waals surface area (Å²) in [7, 11) is 0. The van der Waals surface area contributed by atoms with Gasteiger partial charge < -0.3 is 5.11 Å². The molecular weight excluding hydrogens is 315 g/mol. The predicted molar refractivity (Wildman–Crippen MR) is 95.4 cm³/mol. The molecule has 2 aromatic rings. The van der Waals surface area contributed by atoms with Crippen LogP contribution in [0.15, 0.2) is 42.6 Å². The first-order valence-electron chi connectivity index (χ1n) is 9.18. The van der Waals surface area contributed by atoms with Crippen molar-refractivity contribution < 1.29 is 9.50 Å². The molecule has 0 amide bonds. The summed E-state index contributed by atoms with van der Waals surface area (Å²) in [6.07, 6.45) is 5.09. The van der Waals surface area contributed by atoms with Gasteiger partial charge in [0.15, 0.2) is 0 Å². The fourth-order valence-corrected chi connectivity index (χ4v) is 4.64. The van der Waals surface area contributed by atoms with Crippen LogP contribution in [0, 0.1) is 24.6 Å². The summed E-state index contributed by atoms with van der Waals surface area (Å²) in [5, 5.41) is 11.6. The summed E-state index contributed by atoms with van der Waals surface area (Å²) < 4.78 is 13.1. The Bertz CT molecular complexity index is 715. The number of aliphatic hydroxyl groups is 1. The minimum absolute atomic E-state index is 0.195. The number of hydrogen-bond donors (Lipinski definition) is 1. The lowest BCUT2D eigenvalue weighted by Crippen LogP contribution is -2.58. The Labute approximate surface area is 148 Å². The number of benzene rings is 1. The number of halogens is 1. The monoisotopic (exact) mass is 340 g/mol. The van der Waals surface area contributed by atoms with Crippen LogP contribution in [0.4, 0.5) is 4.39 Å². The molecule has 1 aromatic heterocycles. The summed E-state index contributed by atoms with van der Waals surface area (Å²) in [5.41, 5.74) is 2.25. The van der Waals surface area contributed by atoms with E-state index in [-0.39, 0.29) is 17.7 Å². The summed E-state index contributed by atoms with van der Waals surface area (Å²) in [6.45, 7) is 4.55. The Balaban J connectivity index is 1.56. The smallest absolute Gasteiger partial charge is 0.123 e. The second kappa shape index (κ2) is 6.50. The van der Waals surface area contributed by atoms with Crippen LogP contribution < -0.4 is 0 Å². The number of nitrogens with zero attached hydrogens (tertiary/aromatic N) is 2. The topological polar surface area (TPSA) is 36.4 Å². The average Bonchev–Trinajstić information content (AvgIpc) is 2.58. The number of piperidine rings is 1. The van der Waals surface area contributed by atoms with Gasteiger partial charge in [-0.3, -0.25) is 9.88 Å². The maximum Gasteiger partial charge on any atom is 0.123 e. The fourth-order valence-electron chi connectivity index (χ4n) is 4.64. The van der Waals surface area contributed by atoms with Gasteiger partial charge in [-0.1, -0.05) is 24.6 Å². The quantitative estimate of drug-likeness (QED) is 0.926. The van der Waals surface area contributed by atoms with Gasteiger partial charge in [-0.05, 0) is 49.1 Å². The highest BCUT2D eigenvalue weighted by Gasteiger charge is 2.52. The van der Waals surface area contributed by atoms with E-state index in [2.05, 4.69) is 9.88 Å². The summed E-state index contributed by atoms with van der Waals surface area (Å²) >= 11 is 0. The maximum absolute atomic E-state index is 13.1. The first-order chi connectivity index (χ1) is 12.1. The van der Waals surface area contributed by atoms with Crippen molar-refractivity contribution >= 4 is 0 Å². The lowest BCUT2D eigenvalue weighted by atomic mass is 9.64. The predicted octanol–water partition coefficient (Wildman–Crippen LogP) is 3.65. The van der Waals surface area contributed by atoms with Crippen LogP contribution in [0.25, 0.3) is 0 Å². The molecule has 4 rings (SSSR count). The lowest BCUT2D eigenvalue weighted by Gasteiger charge is -2.52. The molecule has 1 aromatic carbocycles. The van der Waals surface area contributed by atoms with E-state index < -0.39 is 5.60 Å². The third kappa shape index (κ3) is 3.09. The van der Waals surface area contributed by atoms with Crippen molar-refractivity contribution in [3.05, 3.63) is 65.2 Å². The molecule has 2 aliphatic rings. The molecule has 2 atom stereocenters.